The Hall–Kier alpha value is -2.99. The normalized spacial score (nSPS) is 25.7. The average molecular weight is 326 g/mol. The van der Waals surface area contributed by atoms with Crippen LogP contribution in [0.1, 0.15) is 18.5 Å². The van der Waals surface area contributed by atoms with Gasteiger partial charge in [0.15, 0.2) is 5.41 Å². The highest BCUT2D eigenvalue weighted by molar-refractivity contribution is 5.95. The van der Waals surface area contributed by atoms with Gasteiger partial charge in [-0.3, -0.25) is 9.59 Å². The first-order valence-electron chi connectivity index (χ1n) is 7.35. The van der Waals surface area contributed by atoms with Crippen molar-refractivity contribution in [2.24, 2.45) is 11.3 Å². The Balaban J connectivity index is 2.66. The Morgan fingerprint density at radius 3 is 2.46 bits per heavy atom. The van der Waals surface area contributed by atoms with Crippen LogP contribution < -0.4 is 4.74 Å². The lowest BCUT2D eigenvalue weighted by Crippen LogP contribution is -2.40. The molecule has 1 aromatic carbocycles. The van der Waals surface area contributed by atoms with Gasteiger partial charge in [-0.1, -0.05) is 25.0 Å². The molecule has 0 unspecified atom stereocenters. The molecule has 0 saturated carbocycles. The first-order valence-corrected chi connectivity index (χ1v) is 7.35. The van der Waals surface area contributed by atoms with Crippen LogP contribution >= 0.6 is 0 Å². The molecule has 0 N–H and O–H groups in total. The van der Waals surface area contributed by atoms with Gasteiger partial charge in [0.25, 0.3) is 0 Å². The number of amides is 1. The number of hydrogen-bond acceptors (Lipinski definition) is 5. The summed E-state index contributed by atoms with van der Waals surface area (Å²) in [7, 11) is 2.74. The highest BCUT2D eigenvalue weighted by atomic mass is 16.5. The SMILES string of the molecule is C#CCN1C(=O)[C@@H](C)[C@@](C#N)(C(=O)OC)[C@H]1c1ccc(OC)cc1. The molecule has 0 bridgehead atoms. The van der Waals surface area contributed by atoms with E-state index >= 15 is 0 Å². The fraction of sp³-hybridized carbons (Fsp3) is 0.389. The number of terminal acetylenes is 1. The number of likely N-dealkylation sites (tertiary alicyclic amines) is 1. The third-order valence-electron chi connectivity index (χ3n) is 4.48. The van der Waals surface area contributed by atoms with Crippen molar-refractivity contribution < 1.29 is 19.1 Å². The maximum atomic E-state index is 12.6. The Morgan fingerprint density at radius 2 is 2.00 bits per heavy atom. The molecule has 1 fully saturated rings. The van der Waals surface area contributed by atoms with Gasteiger partial charge < -0.3 is 14.4 Å². The zero-order valence-electron chi connectivity index (χ0n) is 13.8. The number of nitrogens with zero attached hydrogens (tertiary/aromatic N) is 2. The second-order valence-corrected chi connectivity index (χ2v) is 5.54. The number of nitriles is 1. The van der Waals surface area contributed by atoms with Crippen LogP contribution in [0, 0.1) is 35.0 Å². The highest BCUT2D eigenvalue weighted by Crippen LogP contribution is 2.51. The maximum absolute atomic E-state index is 12.6. The van der Waals surface area contributed by atoms with E-state index in [1.165, 1.54) is 19.1 Å². The Morgan fingerprint density at radius 1 is 1.38 bits per heavy atom. The van der Waals surface area contributed by atoms with Gasteiger partial charge in [-0.2, -0.15) is 5.26 Å². The molecule has 1 aromatic rings. The summed E-state index contributed by atoms with van der Waals surface area (Å²) in [5.41, 5.74) is -1.03. The van der Waals surface area contributed by atoms with Crippen LogP contribution in [0.5, 0.6) is 5.75 Å². The fourth-order valence-electron chi connectivity index (χ4n) is 3.21. The molecule has 0 radical (unpaired) electrons. The number of ether oxygens (including phenoxy) is 2. The van der Waals surface area contributed by atoms with Crippen LogP contribution in [0.25, 0.3) is 0 Å². The number of hydrogen-bond donors (Lipinski definition) is 0. The van der Waals surface area contributed by atoms with Gasteiger partial charge in [0.2, 0.25) is 5.91 Å². The summed E-state index contributed by atoms with van der Waals surface area (Å²) < 4.78 is 9.98. The van der Waals surface area contributed by atoms with Gasteiger partial charge in [0.1, 0.15) is 5.75 Å². The maximum Gasteiger partial charge on any atom is 0.329 e. The molecule has 0 aromatic heterocycles. The lowest BCUT2D eigenvalue weighted by atomic mass is 9.72. The van der Waals surface area contributed by atoms with Crippen molar-refractivity contribution in [1.29, 1.82) is 5.26 Å². The molecule has 1 aliphatic heterocycles. The van der Waals surface area contributed by atoms with E-state index in [-0.39, 0.29) is 12.5 Å². The second-order valence-electron chi connectivity index (χ2n) is 5.54. The molecule has 1 heterocycles. The van der Waals surface area contributed by atoms with E-state index < -0.39 is 23.3 Å². The number of rotatable bonds is 4. The third-order valence-corrected chi connectivity index (χ3v) is 4.48. The first kappa shape index (κ1) is 17.4. The molecule has 6 nitrogen and oxygen atoms in total. The molecule has 124 valence electrons. The Bertz CT molecular complexity index is 729. The first-order chi connectivity index (χ1) is 11.5. The number of esters is 1. The molecule has 0 aliphatic carbocycles. The van der Waals surface area contributed by atoms with Crippen molar-refractivity contribution in [2.45, 2.75) is 13.0 Å². The zero-order chi connectivity index (χ0) is 17.9. The molecule has 1 aliphatic rings. The summed E-state index contributed by atoms with van der Waals surface area (Å²) in [5, 5.41) is 9.82. The average Bonchev–Trinajstić information content (AvgIpc) is 2.83. The monoisotopic (exact) mass is 326 g/mol. The minimum Gasteiger partial charge on any atom is -0.497 e. The quantitative estimate of drug-likeness (QED) is 0.619. The minimum absolute atomic E-state index is 0.000291. The van der Waals surface area contributed by atoms with Gasteiger partial charge in [-0.25, -0.2) is 0 Å². The molecule has 1 amide bonds. The summed E-state index contributed by atoms with van der Waals surface area (Å²) in [4.78, 5) is 26.5. The van der Waals surface area contributed by atoms with Crippen molar-refractivity contribution in [1.82, 2.24) is 4.90 Å². The van der Waals surface area contributed by atoms with Crippen molar-refractivity contribution in [3.63, 3.8) is 0 Å². The van der Waals surface area contributed by atoms with Crippen molar-refractivity contribution in [3.8, 4) is 24.2 Å². The van der Waals surface area contributed by atoms with E-state index in [9.17, 15) is 14.9 Å². The van der Waals surface area contributed by atoms with Crippen molar-refractivity contribution in [3.05, 3.63) is 29.8 Å². The molecule has 1 saturated heterocycles. The molecular formula is C18H18N2O4. The van der Waals surface area contributed by atoms with Crippen molar-refractivity contribution >= 4 is 11.9 Å². The molecule has 3 atom stereocenters. The lowest BCUT2D eigenvalue weighted by molar-refractivity contribution is -0.153. The van der Waals surface area contributed by atoms with Crippen LogP contribution in [0.15, 0.2) is 24.3 Å². The second kappa shape index (κ2) is 6.64. The molecule has 0 spiro atoms. The smallest absolute Gasteiger partial charge is 0.329 e. The topological polar surface area (TPSA) is 79.6 Å². The molecule has 6 heteroatoms. The third kappa shape index (κ3) is 2.37. The predicted octanol–water partition coefficient (Wildman–Crippen LogP) is 1.53. The van der Waals surface area contributed by atoms with Gasteiger partial charge in [-0.05, 0) is 17.7 Å². The fourth-order valence-corrected chi connectivity index (χ4v) is 3.21. The van der Waals surface area contributed by atoms with E-state index in [1.807, 2.05) is 6.07 Å². The van der Waals surface area contributed by atoms with Gasteiger partial charge >= 0.3 is 5.97 Å². The summed E-state index contributed by atoms with van der Waals surface area (Å²) in [5.74, 6) is 1.09. The van der Waals surface area contributed by atoms with E-state index in [1.54, 1.807) is 31.2 Å². The summed E-state index contributed by atoms with van der Waals surface area (Å²) >= 11 is 0. The van der Waals surface area contributed by atoms with E-state index in [0.29, 0.717) is 11.3 Å². The minimum atomic E-state index is -1.66. The molecular weight excluding hydrogens is 308 g/mol. The van der Waals surface area contributed by atoms with E-state index in [4.69, 9.17) is 15.9 Å². The highest BCUT2D eigenvalue weighted by Gasteiger charge is 2.63. The number of carbonyl (C=O) groups is 2. The Kier molecular flexibility index (Phi) is 4.80. The van der Waals surface area contributed by atoms with Crippen LogP contribution in [0.2, 0.25) is 0 Å². The van der Waals surface area contributed by atoms with Crippen LogP contribution in [-0.4, -0.2) is 37.5 Å². The zero-order valence-corrected chi connectivity index (χ0v) is 13.8. The number of carbonyl (C=O) groups excluding carboxylic acids is 2. The van der Waals surface area contributed by atoms with Gasteiger partial charge in [-0.15, -0.1) is 6.42 Å². The molecule has 2 rings (SSSR count). The van der Waals surface area contributed by atoms with Gasteiger partial charge in [0, 0.05) is 0 Å². The summed E-state index contributed by atoms with van der Waals surface area (Å²) in [6.07, 6.45) is 5.38. The van der Waals surface area contributed by atoms with E-state index in [2.05, 4.69) is 5.92 Å². The Labute approximate surface area is 141 Å². The number of methoxy groups -OCH3 is 2. The molecule has 24 heavy (non-hydrogen) atoms. The van der Waals surface area contributed by atoms with Crippen molar-refractivity contribution in [2.75, 3.05) is 20.8 Å². The largest absolute Gasteiger partial charge is 0.497 e. The van der Waals surface area contributed by atoms with Crippen LogP contribution in [0.4, 0.5) is 0 Å². The van der Waals surface area contributed by atoms with Crippen LogP contribution in [0.3, 0.4) is 0 Å². The predicted molar refractivity (Wildman–Crippen MR) is 85.5 cm³/mol. The summed E-state index contributed by atoms with van der Waals surface area (Å²) in [6, 6.07) is 8.06. The number of benzene rings is 1. The van der Waals surface area contributed by atoms with E-state index in [0.717, 1.165) is 0 Å². The lowest BCUT2D eigenvalue weighted by Gasteiger charge is -2.31. The standard InChI is InChI=1S/C18H18N2O4/c1-5-10-20-15(13-6-8-14(23-3)9-7-13)18(11-19,17(22)24-4)12(2)16(20)21/h1,6-9,12,15H,10H2,2-4H3/t12-,15-,18-/m1/s1. The van der Waals surface area contributed by atoms with Gasteiger partial charge in [0.05, 0.1) is 38.8 Å². The summed E-state index contributed by atoms with van der Waals surface area (Å²) in [6.45, 7) is 1.55. The van der Waals surface area contributed by atoms with Crippen LogP contribution in [-0.2, 0) is 14.3 Å².